The van der Waals surface area contributed by atoms with E-state index in [0.29, 0.717) is 137 Å². The minimum absolute atomic E-state index is 0.000946. The molecule has 0 aliphatic rings. The summed E-state index contributed by atoms with van der Waals surface area (Å²) in [4.78, 5) is 41.3. The number of nitrogens with two attached hydrogens (primary N) is 4. The van der Waals surface area contributed by atoms with Crippen LogP contribution < -0.4 is 62.0 Å². The Morgan fingerprint density at radius 3 is 1.48 bits per heavy atom. The lowest BCUT2D eigenvalue weighted by Gasteiger charge is -2.25. The number of methoxy groups -OCH3 is 4. The number of amides is 2. The fourth-order valence-electron chi connectivity index (χ4n) is 6.93. The van der Waals surface area contributed by atoms with Crippen LogP contribution in [0.3, 0.4) is 0 Å². The highest BCUT2D eigenvalue weighted by molar-refractivity contribution is 5.76. The number of anilines is 4. The standard InChI is InChI=1S/C47H70N10O9/c1-30(14-16-52-39(58)12-8-10-18-65-41-35(60-4)22-31(23-36(41)61-5)20-33-26-54-45(50)56-43(33)48)28-64-29-47(2,3)15-17-53-40(59)13-9-11-19-66-42-37(62-6)24-32(25-38(42)63-7)21-34-27-55-46(51)57-44(34)49/h22-27,30H,8-21,28-29H2,1-7H3,(H,52,58)(H,53,59)(H4,48,50,54,56)(H4,49,51,55,57). The second kappa shape index (κ2) is 26.5. The first-order chi connectivity index (χ1) is 31.6. The van der Waals surface area contributed by atoms with Gasteiger partial charge in [0.15, 0.2) is 23.0 Å². The van der Waals surface area contributed by atoms with Crippen LogP contribution in [-0.2, 0) is 27.2 Å². The van der Waals surface area contributed by atoms with Crippen molar-refractivity contribution in [2.45, 2.75) is 85.0 Å². The van der Waals surface area contributed by atoms with Crippen LogP contribution in [0.15, 0.2) is 36.7 Å². The zero-order valence-corrected chi connectivity index (χ0v) is 39.6. The number of nitrogens with zero attached hydrogens (tertiary/aromatic N) is 4. The quantitative estimate of drug-likeness (QED) is 0.0362. The first-order valence-electron chi connectivity index (χ1n) is 22.2. The van der Waals surface area contributed by atoms with Gasteiger partial charge in [0.25, 0.3) is 0 Å². The molecule has 0 spiro atoms. The minimum Gasteiger partial charge on any atom is -0.493 e. The first kappa shape index (κ1) is 52.1. The molecule has 0 saturated heterocycles. The SMILES string of the molecule is COc1cc(Cc2cnc(N)nc2N)cc(OC)c1OCCCCC(=O)NCCC(C)COCC(C)(C)CCNC(=O)CCCCOc1c(OC)cc(Cc2cnc(N)nc2N)cc1OC. The lowest BCUT2D eigenvalue weighted by molar-refractivity contribution is -0.122. The predicted molar refractivity (Wildman–Crippen MR) is 254 cm³/mol. The predicted octanol–water partition coefficient (Wildman–Crippen LogP) is 5.30. The van der Waals surface area contributed by atoms with Crippen LogP contribution in [-0.4, -0.2) is 99.7 Å². The number of carbonyl (C=O) groups is 2. The summed E-state index contributed by atoms with van der Waals surface area (Å²) in [6.07, 6.45) is 9.15. The van der Waals surface area contributed by atoms with Gasteiger partial charge in [0.05, 0.1) is 48.3 Å². The van der Waals surface area contributed by atoms with Gasteiger partial charge < -0.3 is 66.7 Å². The summed E-state index contributed by atoms with van der Waals surface area (Å²) in [7, 11) is 6.27. The van der Waals surface area contributed by atoms with Crippen LogP contribution in [0.4, 0.5) is 23.5 Å². The number of nitrogens with one attached hydrogen (secondary N) is 2. The molecule has 19 heteroatoms. The third-order valence-electron chi connectivity index (χ3n) is 10.7. The molecule has 0 aliphatic heterocycles. The maximum absolute atomic E-state index is 12.6. The third-order valence-corrected chi connectivity index (χ3v) is 10.7. The molecule has 2 aromatic heterocycles. The molecule has 0 radical (unpaired) electrons. The summed E-state index contributed by atoms with van der Waals surface area (Å²) in [5.41, 5.74) is 26.4. The third kappa shape index (κ3) is 17.1. The van der Waals surface area contributed by atoms with E-state index < -0.39 is 0 Å². The van der Waals surface area contributed by atoms with Gasteiger partial charge in [-0.1, -0.05) is 20.8 Å². The van der Waals surface area contributed by atoms with E-state index in [-0.39, 0.29) is 35.0 Å². The Morgan fingerprint density at radius 1 is 0.652 bits per heavy atom. The highest BCUT2D eigenvalue weighted by Gasteiger charge is 2.20. The van der Waals surface area contributed by atoms with Crippen molar-refractivity contribution in [3.8, 4) is 34.5 Å². The van der Waals surface area contributed by atoms with Gasteiger partial charge in [-0.2, -0.15) is 9.97 Å². The number of nitrogen functional groups attached to an aromatic ring is 4. The van der Waals surface area contributed by atoms with Gasteiger partial charge in [0, 0.05) is 68.9 Å². The van der Waals surface area contributed by atoms with Gasteiger partial charge in [0.1, 0.15) is 11.6 Å². The summed E-state index contributed by atoms with van der Waals surface area (Å²) in [6.45, 7) is 9.42. The molecule has 362 valence electrons. The number of carbonyl (C=O) groups excluding carboxylic acids is 2. The van der Waals surface area contributed by atoms with E-state index in [1.807, 2.05) is 24.3 Å². The van der Waals surface area contributed by atoms with Crippen molar-refractivity contribution in [1.29, 1.82) is 0 Å². The smallest absolute Gasteiger partial charge is 0.221 e. The largest absolute Gasteiger partial charge is 0.493 e. The maximum atomic E-state index is 12.6. The molecule has 0 bridgehead atoms. The van der Waals surface area contributed by atoms with Crippen LogP contribution in [0.2, 0.25) is 0 Å². The molecule has 1 atom stereocenters. The molecule has 0 aliphatic carbocycles. The lowest BCUT2D eigenvalue weighted by Crippen LogP contribution is -2.30. The summed E-state index contributed by atoms with van der Waals surface area (Å²) >= 11 is 0. The number of aromatic nitrogens is 4. The van der Waals surface area contributed by atoms with E-state index in [2.05, 4.69) is 51.3 Å². The van der Waals surface area contributed by atoms with Gasteiger partial charge in [-0.3, -0.25) is 9.59 Å². The molecule has 0 fully saturated rings. The average Bonchev–Trinajstić information content (AvgIpc) is 3.28. The number of hydrogen-bond acceptors (Lipinski definition) is 17. The van der Waals surface area contributed by atoms with Crippen molar-refractivity contribution >= 4 is 35.3 Å². The van der Waals surface area contributed by atoms with Gasteiger partial charge in [-0.25, -0.2) is 9.97 Å². The Labute approximate surface area is 388 Å². The van der Waals surface area contributed by atoms with E-state index in [0.717, 1.165) is 35.1 Å². The summed E-state index contributed by atoms with van der Waals surface area (Å²) in [5.74, 6) is 4.20. The van der Waals surface area contributed by atoms with Crippen molar-refractivity contribution in [3.05, 3.63) is 58.9 Å². The van der Waals surface area contributed by atoms with Crippen molar-refractivity contribution in [2.75, 3.05) is 90.9 Å². The van der Waals surface area contributed by atoms with Crippen molar-refractivity contribution in [2.24, 2.45) is 11.3 Å². The summed E-state index contributed by atoms with van der Waals surface area (Å²) < 4.78 is 40.6. The topological polar surface area (TPSA) is 278 Å². The van der Waals surface area contributed by atoms with Crippen molar-refractivity contribution in [3.63, 3.8) is 0 Å². The monoisotopic (exact) mass is 919 g/mol. The summed E-state index contributed by atoms with van der Waals surface area (Å²) in [5, 5.41) is 6.06. The van der Waals surface area contributed by atoms with Crippen molar-refractivity contribution < 1.29 is 42.7 Å². The number of unbranched alkanes of at least 4 members (excludes halogenated alkanes) is 2. The molecule has 1 unspecified atom stereocenters. The highest BCUT2D eigenvalue weighted by Crippen LogP contribution is 2.41. The Morgan fingerprint density at radius 2 is 1.08 bits per heavy atom. The Hall–Kier alpha value is -6.50. The molecule has 0 saturated carbocycles. The van der Waals surface area contributed by atoms with Crippen LogP contribution in [0.1, 0.15) is 94.4 Å². The number of benzene rings is 2. The minimum atomic E-state index is -0.120. The lowest BCUT2D eigenvalue weighted by atomic mass is 9.90. The van der Waals surface area contributed by atoms with E-state index in [9.17, 15) is 9.59 Å². The van der Waals surface area contributed by atoms with Crippen LogP contribution in [0, 0.1) is 11.3 Å². The van der Waals surface area contributed by atoms with Crippen LogP contribution in [0.5, 0.6) is 34.5 Å². The molecular weight excluding hydrogens is 849 g/mol. The van der Waals surface area contributed by atoms with Gasteiger partial charge in [0.2, 0.25) is 35.2 Å². The fourth-order valence-corrected chi connectivity index (χ4v) is 6.93. The van der Waals surface area contributed by atoms with Gasteiger partial charge >= 0.3 is 0 Å². The van der Waals surface area contributed by atoms with Gasteiger partial charge in [-0.15, -0.1) is 0 Å². The molecule has 2 heterocycles. The van der Waals surface area contributed by atoms with Crippen LogP contribution in [0.25, 0.3) is 0 Å². The second-order valence-electron chi connectivity index (χ2n) is 16.9. The first-order valence-corrected chi connectivity index (χ1v) is 22.2. The molecule has 4 aromatic rings. The fraction of sp³-hybridized carbons (Fsp3) is 0.532. The average molecular weight is 919 g/mol. The highest BCUT2D eigenvalue weighted by atomic mass is 16.5. The number of hydrogen-bond donors (Lipinski definition) is 6. The number of ether oxygens (including phenoxy) is 7. The molecule has 19 nitrogen and oxygen atoms in total. The van der Waals surface area contributed by atoms with Crippen LogP contribution >= 0.6 is 0 Å². The van der Waals surface area contributed by atoms with Crippen molar-refractivity contribution in [1.82, 2.24) is 30.6 Å². The Kier molecular flexibility index (Phi) is 20.9. The molecule has 4 rings (SSSR count). The van der Waals surface area contributed by atoms with Gasteiger partial charge in [-0.05, 0) is 85.3 Å². The van der Waals surface area contributed by atoms with E-state index in [1.165, 1.54) is 0 Å². The zero-order chi connectivity index (χ0) is 48.1. The number of rotatable bonds is 30. The second-order valence-corrected chi connectivity index (χ2v) is 16.9. The van der Waals surface area contributed by atoms with E-state index in [4.69, 9.17) is 56.1 Å². The molecule has 66 heavy (non-hydrogen) atoms. The Balaban J connectivity index is 1.03. The zero-order valence-electron chi connectivity index (χ0n) is 39.6. The molecule has 10 N–H and O–H groups in total. The normalized spacial score (nSPS) is 11.7. The molecular formula is C47H70N10O9. The molecule has 2 amide bonds. The Bertz CT molecular complexity index is 2120. The molecule has 2 aromatic carbocycles. The maximum Gasteiger partial charge on any atom is 0.221 e. The van der Waals surface area contributed by atoms with E-state index >= 15 is 0 Å². The van der Waals surface area contributed by atoms with E-state index in [1.54, 1.807) is 40.8 Å². The summed E-state index contributed by atoms with van der Waals surface area (Å²) in [6, 6.07) is 7.44.